The van der Waals surface area contributed by atoms with Gasteiger partial charge in [-0.1, -0.05) is 26.0 Å². The molecule has 1 aromatic heterocycles. The van der Waals surface area contributed by atoms with Crippen LogP contribution in [0.3, 0.4) is 0 Å². The number of rotatable bonds is 3. The molecule has 1 nitrogen and oxygen atoms in total. The third-order valence-electron chi connectivity index (χ3n) is 2.58. The van der Waals surface area contributed by atoms with E-state index in [1.807, 2.05) is 11.3 Å². The van der Waals surface area contributed by atoms with Crippen LogP contribution in [0.2, 0.25) is 0 Å². The Bertz CT molecular complexity index is 457. The highest BCUT2D eigenvalue weighted by molar-refractivity contribution is 7.17. The second-order valence-corrected chi connectivity index (χ2v) is 5.16. The largest absolute Gasteiger partial charge is 0.310 e. The summed E-state index contributed by atoms with van der Waals surface area (Å²) in [5, 5.41) is 7.19. The van der Waals surface area contributed by atoms with Crippen molar-refractivity contribution in [3.05, 3.63) is 34.7 Å². The first-order valence-corrected chi connectivity index (χ1v) is 6.25. The van der Waals surface area contributed by atoms with Crippen molar-refractivity contribution in [3.8, 4) is 0 Å². The zero-order valence-corrected chi connectivity index (χ0v) is 10.3. The van der Waals surface area contributed by atoms with Gasteiger partial charge < -0.3 is 5.32 Å². The van der Waals surface area contributed by atoms with Crippen LogP contribution in [-0.2, 0) is 6.54 Å². The van der Waals surface area contributed by atoms with Crippen LogP contribution in [-0.4, -0.2) is 6.04 Å². The Balaban J connectivity index is 2.35. The van der Waals surface area contributed by atoms with Crippen molar-refractivity contribution in [2.45, 2.75) is 33.4 Å². The van der Waals surface area contributed by atoms with Gasteiger partial charge in [0.1, 0.15) is 0 Å². The molecule has 1 aromatic carbocycles. The van der Waals surface area contributed by atoms with Gasteiger partial charge in [0.05, 0.1) is 0 Å². The molecule has 2 rings (SSSR count). The normalized spacial score (nSPS) is 11.5. The second-order valence-electron chi connectivity index (χ2n) is 4.24. The molecule has 0 aliphatic heterocycles. The molecule has 15 heavy (non-hydrogen) atoms. The quantitative estimate of drug-likeness (QED) is 0.830. The molecule has 2 aromatic rings. The summed E-state index contributed by atoms with van der Waals surface area (Å²) in [4.78, 5) is 0. The molecular formula is C13H17NS. The summed E-state index contributed by atoms with van der Waals surface area (Å²) in [6, 6.07) is 7.07. The highest BCUT2D eigenvalue weighted by Gasteiger charge is 2.06. The van der Waals surface area contributed by atoms with Gasteiger partial charge in [0, 0.05) is 17.3 Å². The van der Waals surface area contributed by atoms with Crippen LogP contribution in [0.4, 0.5) is 0 Å². The van der Waals surface area contributed by atoms with Crippen molar-refractivity contribution in [1.29, 1.82) is 0 Å². The van der Waals surface area contributed by atoms with Crippen LogP contribution >= 0.6 is 11.3 Å². The Morgan fingerprint density at radius 1 is 1.33 bits per heavy atom. The van der Waals surface area contributed by atoms with E-state index in [9.17, 15) is 0 Å². The minimum Gasteiger partial charge on any atom is -0.310 e. The van der Waals surface area contributed by atoms with E-state index in [-0.39, 0.29) is 0 Å². The zero-order valence-electron chi connectivity index (χ0n) is 9.50. The highest BCUT2D eigenvalue weighted by Crippen LogP contribution is 2.28. The summed E-state index contributed by atoms with van der Waals surface area (Å²) in [6.45, 7) is 7.53. The number of fused-ring (bicyclic) bond motifs is 1. The van der Waals surface area contributed by atoms with Crippen LogP contribution in [0.5, 0.6) is 0 Å². The van der Waals surface area contributed by atoms with Crippen LogP contribution in [0.25, 0.3) is 10.1 Å². The maximum absolute atomic E-state index is 3.47. The Kier molecular flexibility index (Phi) is 3.08. The summed E-state index contributed by atoms with van der Waals surface area (Å²) in [7, 11) is 0. The molecule has 0 fully saturated rings. The first kappa shape index (κ1) is 10.7. The zero-order chi connectivity index (χ0) is 10.8. The molecule has 0 aliphatic rings. The second kappa shape index (κ2) is 4.33. The summed E-state index contributed by atoms with van der Waals surface area (Å²) >= 11 is 1.84. The summed E-state index contributed by atoms with van der Waals surface area (Å²) in [6.07, 6.45) is 0. The predicted molar refractivity (Wildman–Crippen MR) is 68.5 cm³/mol. The molecule has 1 heterocycles. The van der Waals surface area contributed by atoms with E-state index < -0.39 is 0 Å². The molecule has 0 atom stereocenters. The molecule has 0 bridgehead atoms. The van der Waals surface area contributed by atoms with Crippen molar-refractivity contribution >= 4 is 21.4 Å². The molecule has 1 N–H and O–H groups in total. The fourth-order valence-electron chi connectivity index (χ4n) is 1.79. The van der Waals surface area contributed by atoms with Gasteiger partial charge in [-0.3, -0.25) is 0 Å². The fraction of sp³-hybridized carbons (Fsp3) is 0.385. The maximum atomic E-state index is 3.47. The molecule has 2 heteroatoms. The monoisotopic (exact) mass is 219 g/mol. The average molecular weight is 219 g/mol. The van der Waals surface area contributed by atoms with E-state index in [0.29, 0.717) is 6.04 Å². The van der Waals surface area contributed by atoms with Gasteiger partial charge in [0.25, 0.3) is 0 Å². The van der Waals surface area contributed by atoms with Gasteiger partial charge in [-0.15, -0.1) is 11.3 Å². The lowest BCUT2D eigenvalue weighted by Crippen LogP contribution is -2.21. The lowest BCUT2D eigenvalue weighted by molar-refractivity contribution is 0.591. The number of nitrogens with one attached hydrogen (secondary N) is 1. The maximum Gasteiger partial charge on any atom is 0.0348 e. The molecule has 80 valence electrons. The highest BCUT2D eigenvalue weighted by atomic mass is 32.1. The first-order valence-electron chi connectivity index (χ1n) is 5.37. The van der Waals surface area contributed by atoms with E-state index in [2.05, 4.69) is 49.7 Å². The summed E-state index contributed by atoms with van der Waals surface area (Å²) in [5.41, 5.74) is 2.82. The van der Waals surface area contributed by atoms with Crippen LogP contribution in [0.1, 0.15) is 25.0 Å². The number of thiophene rings is 1. The molecule has 0 spiro atoms. The molecule has 0 saturated carbocycles. The molecule has 0 radical (unpaired) electrons. The average Bonchev–Trinajstić information content (AvgIpc) is 2.59. The van der Waals surface area contributed by atoms with Gasteiger partial charge in [0.15, 0.2) is 0 Å². The van der Waals surface area contributed by atoms with E-state index in [0.717, 1.165) is 6.54 Å². The van der Waals surface area contributed by atoms with Gasteiger partial charge in [-0.05, 0) is 34.9 Å². The molecule has 0 saturated heterocycles. The predicted octanol–water partition coefficient (Wildman–Crippen LogP) is 3.71. The minimum atomic E-state index is 0.545. The lowest BCUT2D eigenvalue weighted by atomic mass is 10.1. The van der Waals surface area contributed by atoms with Gasteiger partial charge >= 0.3 is 0 Å². The van der Waals surface area contributed by atoms with E-state index in [1.165, 1.54) is 21.2 Å². The third-order valence-corrected chi connectivity index (χ3v) is 3.58. The Labute approximate surface area is 95.1 Å². The van der Waals surface area contributed by atoms with E-state index in [4.69, 9.17) is 0 Å². The topological polar surface area (TPSA) is 12.0 Å². The van der Waals surface area contributed by atoms with Crippen LogP contribution in [0, 0.1) is 6.92 Å². The van der Waals surface area contributed by atoms with Crippen LogP contribution in [0.15, 0.2) is 23.6 Å². The van der Waals surface area contributed by atoms with Crippen molar-refractivity contribution < 1.29 is 0 Å². The van der Waals surface area contributed by atoms with Gasteiger partial charge in [-0.25, -0.2) is 0 Å². The van der Waals surface area contributed by atoms with E-state index in [1.54, 1.807) is 0 Å². The summed E-state index contributed by atoms with van der Waals surface area (Å²) < 4.78 is 1.40. The fourth-order valence-corrected chi connectivity index (χ4v) is 2.83. The standard InChI is InChI=1S/C13H17NS/c1-9(2)14-7-11-8-15-12-6-4-5-10(3)13(11)12/h4-6,8-9,14H,7H2,1-3H3. The molecular weight excluding hydrogens is 202 g/mol. The SMILES string of the molecule is Cc1cccc2scc(CNC(C)C)c12. The minimum absolute atomic E-state index is 0.545. The Morgan fingerprint density at radius 3 is 2.87 bits per heavy atom. The number of hydrogen-bond donors (Lipinski definition) is 1. The van der Waals surface area contributed by atoms with E-state index >= 15 is 0 Å². The molecule has 0 unspecified atom stereocenters. The van der Waals surface area contributed by atoms with Crippen molar-refractivity contribution in [2.24, 2.45) is 0 Å². The number of hydrogen-bond acceptors (Lipinski definition) is 2. The van der Waals surface area contributed by atoms with Crippen molar-refractivity contribution in [2.75, 3.05) is 0 Å². The van der Waals surface area contributed by atoms with Crippen molar-refractivity contribution in [1.82, 2.24) is 5.32 Å². The molecule has 0 aliphatic carbocycles. The third kappa shape index (κ3) is 2.21. The smallest absolute Gasteiger partial charge is 0.0348 e. The first-order chi connectivity index (χ1) is 7.18. The number of aryl methyl sites for hydroxylation is 1. The summed E-state index contributed by atoms with van der Waals surface area (Å²) in [5.74, 6) is 0. The van der Waals surface area contributed by atoms with Crippen molar-refractivity contribution in [3.63, 3.8) is 0 Å². The van der Waals surface area contributed by atoms with Gasteiger partial charge in [0.2, 0.25) is 0 Å². The van der Waals surface area contributed by atoms with Gasteiger partial charge in [-0.2, -0.15) is 0 Å². The Morgan fingerprint density at radius 2 is 2.13 bits per heavy atom. The molecule has 0 amide bonds. The lowest BCUT2D eigenvalue weighted by Gasteiger charge is -2.07. The Hall–Kier alpha value is -0.860. The van der Waals surface area contributed by atoms with Crippen LogP contribution < -0.4 is 5.32 Å². The number of benzene rings is 1.